The van der Waals surface area contributed by atoms with E-state index < -0.39 is 27.7 Å². The Balaban J connectivity index is 1.58. The molecule has 4 rings (SSSR count). The van der Waals surface area contributed by atoms with Crippen LogP contribution in [0.1, 0.15) is 59.3 Å². The van der Waals surface area contributed by atoms with Gasteiger partial charge in [0.2, 0.25) is 5.91 Å². The first kappa shape index (κ1) is 35.9. The number of amides is 2. The number of anilines is 1. The zero-order chi connectivity index (χ0) is 34.4. The van der Waals surface area contributed by atoms with E-state index >= 15 is 0 Å². The Kier molecular flexibility index (Phi) is 11.7. The van der Waals surface area contributed by atoms with Gasteiger partial charge < -0.3 is 10.6 Å². The van der Waals surface area contributed by atoms with E-state index in [4.69, 9.17) is 27.8 Å². The maximum absolute atomic E-state index is 14.0. The number of hydrogen-bond donors (Lipinski definition) is 3. The highest BCUT2D eigenvalue weighted by Gasteiger charge is 2.23. The quantitative estimate of drug-likeness (QED) is 0.136. The van der Waals surface area contributed by atoms with Crippen molar-refractivity contribution in [3.05, 3.63) is 129 Å². The van der Waals surface area contributed by atoms with E-state index in [1.807, 2.05) is 67.6 Å². The maximum Gasteiger partial charge on any atom is 0.266 e. The van der Waals surface area contributed by atoms with Crippen molar-refractivity contribution < 1.29 is 22.6 Å². The molecule has 1 atom stereocenters. The Labute approximate surface area is 286 Å². The van der Waals surface area contributed by atoms with Crippen LogP contribution in [0.15, 0.2) is 91.0 Å². The van der Waals surface area contributed by atoms with Crippen molar-refractivity contribution in [1.29, 1.82) is 0 Å². The van der Waals surface area contributed by atoms with Gasteiger partial charge in [0.1, 0.15) is 0 Å². The van der Waals surface area contributed by atoms with Crippen LogP contribution in [0, 0.1) is 12.3 Å². The van der Waals surface area contributed by atoms with Crippen LogP contribution in [0.25, 0.3) is 17.2 Å². The van der Waals surface area contributed by atoms with Crippen molar-refractivity contribution in [2.24, 2.45) is 5.41 Å². The summed E-state index contributed by atoms with van der Waals surface area (Å²) >= 11 is 12.8. The standard InChI is InChI=1S/C37H38Cl2N2O5S/c1-24-21-34(33(39)23-31(24)27-13-15-30(38)16-14-27)41-36(43)32(28-9-5-25(6-10-28)17-18-37(2,3)4)22-26-7-11-29(12-8-26)35(42)40-19-20-47(44,45)46/h5-18,21,23,32H,19-20,22H2,1-4H3,(H,40,42)(H,41,43)(H,44,45,46). The van der Waals surface area contributed by atoms with Crippen molar-refractivity contribution in [3.8, 4) is 11.1 Å². The number of halogens is 2. The molecule has 0 saturated heterocycles. The molecule has 0 spiro atoms. The fourth-order valence-corrected chi connectivity index (χ4v) is 5.61. The number of rotatable bonds is 11. The number of carbonyl (C=O) groups is 2. The molecule has 3 N–H and O–H groups in total. The smallest absolute Gasteiger partial charge is 0.266 e. The van der Waals surface area contributed by atoms with Crippen molar-refractivity contribution in [2.45, 2.75) is 40.0 Å². The Bertz CT molecular complexity index is 1860. The summed E-state index contributed by atoms with van der Waals surface area (Å²) in [6.45, 7) is 8.12. The highest BCUT2D eigenvalue weighted by atomic mass is 35.5. The summed E-state index contributed by atoms with van der Waals surface area (Å²) in [6.07, 6.45) is 4.53. The summed E-state index contributed by atoms with van der Waals surface area (Å²) < 4.78 is 30.8. The molecule has 0 bridgehead atoms. The van der Waals surface area contributed by atoms with Crippen LogP contribution in [0.4, 0.5) is 5.69 Å². The maximum atomic E-state index is 14.0. The number of carbonyl (C=O) groups excluding carboxylic acids is 2. The van der Waals surface area contributed by atoms with Crippen LogP contribution in [0.5, 0.6) is 0 Å². The number of aryl methyl sites for hydroxylation is 1. The van der Waals surface area contributed by atoms with Gasteiger partial charge in [-0.2, -0.15) is 8.42 Å². The molecule has 246 valence electrons. The first-order valence-electron chi connectivity index (χ1n) is 15.1. The average molecular weight is 694 g/mol. The minimum Gasteiger partial charge on any atom is -0.351 e. The van der Waals surface area contributed by atoms with Crippen LogP contribution in [-0.2, 0) is 21.3 Å². The molecule has 0 saturated carbocycles. The highest BCUT2D eigenvalue weighted by Crippen LogP contribution is 2.34. The van der Waals surface area contributed by atoms with Crippen LogP contribution in [-0.4, -0.2) is 37.1 Å². The summed E-state index contributed by atoms with van der Waals surface area (Å²) in [4.78, 5) is 26.4. The highest BCUT2D eigenvalue weighted by molar-refractivity contribution is 7.85. The van der Waals surface area contributed by atoms with Gasteiger partial charge in [-0.25, -0.2) is 0 Å². The number of hydrogen-bond acceptors (Lipinski definition) is 4. The zero-order valence-electron chi connectivity index (χ0n) is 26.7. The van der Waals surface area contributed by atoms with Crippen LogP contribution < -0.4 is 10.6 Å². The molecule has 7 nitrogen and oxygen atoms in total. The van der Waals surface area contributed by atoms with Crippen LogP contribution >= 0.6 is 23.2 Å². The van der Waals surface area contributed by atoms with Gasteiger partial charge in [0.05, 0.1) is 22.4 Å². The van der Waals surface area contributed by atoms with Crippen molar-refractivity contribution in [1.82, 2.24) is 5.32 Å². The van der Waals surface area contributed by atoms with Crippen molar-refractivity contribution >= 4 is 56.9 Å². The Morgan fingerprint density at radius 1 is 0.915 bits per heavy atom. The van der Waals surface area contributed by atoms with Gasteiger partial charge >= 0.3 is 0 Å². The Hall–Kier alpha value is -3.95. The molecule has 1 unspecified atom stereocenters. The molecule has 0 fully saturated rings. The molecular formula is C37H38Cl2N2O5S. The second-order valence-corrected chi connectivity index (χ2v) is 14.9. The summed E-state index contributed by atoms with van der Waals surface area (Å²) in [5.74, 6) is -1.88. The number of benzene rings is 4. The molecule has 4 aromatic carbocycles. The molecule has 4 aromatic rings. The first-order valence-corrected chi connectivity index (χ1v) is 17.4. The summed E-state index contributed by atoms with van der Waals surface area (Å²) in [5, 5.41) is 6.56. The fourth-order valence-electron chi connectivity index (χ4n) is 4.91. The fraction of sp³-hybridized carbons (Fsp3) is 0.243. The second-order valence-electron chi connectivity index (χ2n) is 12.5. The molecule has 0 aromatic heterocycles. The van der Waals surface area contributed by atoms with E-state index in [0.29, 0.717) is 27.7 Å². The van der Waals surface area contributed by atoms with Crippen molar-refractivity contribution in [3.63, 3.8) is 0 Å². The number of nitrogens with one attached hydrogen (secondary N) is 2. The molecule has 0 aliphatic carbocycles. The summed E-state index contributed by atoms with van der Waals surface area (Å²) in [6, 6.07) is 25.8. The molecule has 47 heavy (non-hydrogen) atoms. The topological polar surface area (TPSA) is 113 Å². The SMILES string of the molecule is Cc1cc(NC(=O)C(Cc2ccc(C(=O)NCCS(=O)(=O)O)cc2)c2ccc(C=CC(C)(C)C)cc2)c(Cl)cc1-c1ccc(Cl)cc1. The van der Waals surface area contributed by atoms with E-state index in [1.165, 1.54) is 0 Å². The zero-order valence-corrected chi connectivity index (χ0v) is 29.0. The van der Waals surface area contributed by atoms with Crippen LogP contribution in [0.2, 0.25) is 10.0 Å². The monoisotopic (exact) mass is 692 g/mol. The van der Waals surface area contributed by atoms with Gasteiger partial charge in [0, 0.05) is 17.1 Å². The summed E-state index contributed by atoms with van der Waals surface area (Å²) in [5.41, 5.74) is 6.32. The van der Waals surface area contributed by atoms with Gasteiger partial charge in [-0.3, -0.25) is 14.1 Å². The minimum atomic E-state index is -4.18. The Morgan fingerprint density at radius 3 is 2.15 bits per heavy atom. The third-order valence-electron chi connectivity index (χ3n) is 7.46. The molecule has 0 heterocycles. The average Bonchev–Trinajstić information content (AvgIpc) is 3.00. The molecule has 0 aliphatic rings. The lowest BCUT2D eigenvalue weighted by molar-refractivity contribution is -0.117. The van der Waals surface area contributed by atoms with E-state index in [2.05, 4.69) is 43.6 Å². The largest absolute Gasteiger partial charge is 0.351 e. The molecule has 0 aliphatic heterocycles. The minimum absolute atomic E-state index is 0.0290. The van der Waals surface area contributed by atoms with Crippen LogP contribution in [0.3, 0.4) is 0 Å². The Morgan fingerprint density at radius 2 is 1.55 bits per heavy atom. The lowest BCUT2D eigenvalue weighted by atomic mass is 9.89. The normalized spacial score (nSPS) is 12.6. The molecule has 10 heteroatoms. The first-order chi connectivity index (χ1) is 22.1. The predicted molar refractivity (Wildman–Crippen MR) is 192 cm³/mol. The molecule has 0 radical (unpaired) electrons. The van der Waals surface area contributed by atoms with E-state index in [-0.39, 0.29) is 17.9 Å². The molecule has 2 amide bonds. The van der Waals surface area contributed by atoms with Gasteiger partial charge in [0.15, 0.2) is 0 Å². The van der Waals surface area contributed by atoms with Gasteiger partial charge in [0.25, 0.3) is 16.0 Å². The van der Waals surface area contributed by atoms with E-state index in [1.54, 1.807) is 24.3 Å². The lowest BCUT2D eigenvalue weighted by Gasteiger charge is -2.20. The van der Waals surface area contributed by atoms with Crippen molar-refractivity contribution in [2.75, 3.05) is 17.6 Å². The van der Waals surface area contributed by atoms with Gasteiger partial charge in [-0.1, -0.05) is 105 Å². The number of allylic oxidation sites excluding steroid dienone is 1. The van der Waals surface area contributed by atoms with E-state index in [0.717, 1.165) is 33.4 Å². The predicted octanol–water partition coefficient (Wildman–Crippen LogP) is 8.61. The summed E-state index contributed by atoms with van der Waals surface area (Å²) in [7, 11) is -4.18. The third-order valence-corrected chi connectivity index (χ3v) is 8.74. The molecular weight excluding hydrogens is 655 g/mol. The van der Waals surface area contributed by atoms with Gasteiger partial charge in [-0.05, 0) is 88.5 Å². The second kappa shape index (κ2) is 15.3. The third kappa shape index (κ3) is 10.8. The van der Waals surface area contributed by atoms with Gasteiger partial charge in [-0.15, -0.1) is 0 Å². The van der Waals surface area contributed by atoms with E-state index in [9.17, 15) is 18.0 Å². The lowest BCUT2D eigenvalue weighted by Crippen LogP contribution is -2.28.